The van der Waals surface area contributed by atoms with Gasteiger partial charge in [-0.2, -0.15) is 0 Å². The van der Waals surface area contributed by atoms with Crippen LogP contribution in [-0.4, -0.2) is 29.4 Å². The summed E-state index contributed by atoms with van der Waals surface area (Å²) in [5.74, 6) is 0. The molecule has 0 saturated carbocycles. The van der Waals surface area contributed by atoms with E-state index in [9.17, 15) is 0 Å². The highest BCUT2D eigenvalue weighted by molar-refractivity contribution is 7.96. The molecule has 2 rings (SSSR count). The molecule has 2 aliphatic rings. The third kappa shape index (κ3) is 1.19. The molecule has 1 spiro atoms. The van der Waals surface area contributed by atoms with E-state index < -0.39 is 0 Å². The molecule has 0 amide bonds. The molecule has 0 radical (unpaired) electrons. The van der Waals surface area contributed by atoms with Crippen molar-refractivity contribution < 1.29 is 4.74 Å². The Balaban J connectivity index is 2.09. The first kappa shape index (κ1) is 7.90. The van der Waals surface area contributed by atoms with E-state index in [0.717, 1.165) is 6.61 Å². The van der Waals surface area contributed by atoms with Crippen LogP contribution in [0.2, 0.25) is 0 Å². The zero-order valence-electron chi connectivity index (χ0n) is 7.01. The van der Waals surface area contributed by atoms with E-state index in [1.807, 2.05) is 11.9 Å². The molecule has 2 aliphatic heterocycles. The molecule has 3 heteroatoms. The highest BCUT2D eigenvalue weighted by atomic mass is 32.2. The van der Waals surface area contributed by atoms with Crippen LogP contribution < -0.4 is 0 Å². The van der Waals surface area contributed by atoms with Crippen molar-refractivity contribution in [2.24, 2.45) is 0 Å². The van der Waals surface area contributed by atoms with Gasteiger partial charge >= 0.3 is 0 Å². The first-order chi connectivity index (χ1) is 5.37. The molecule has 11 heavy (non-hydrogen) atoms. The Labute approximate surface area is 72.4 Å². The van der Waals surface area contributed by atoms with Crippen LogP contribution in [0.1, 0.15) is 25.7 Å². The molecule has 0 aromatic carbocycles. The molecule has 0 aromatic rings. The Morgan fingerprint density at radius 3 is 2.82 bits per heavy atom. The maximum absolute atomic E-state index is 5.81. The van der Waals surface area contributed by atoms with Crippen LogP contribution >= 0.6 is 11.9 Å². The average molecular weight is 173 g/mol. The van der Waals surface area contributed by atoms with Gasteiger partial charge in [0.05, 0.1) is 0 Å². The number of hydrogen-bond acceptors (Lipinski definition) is 3. The second-order valence-corrected chi connectivity index (χ2v) is 4.09. The van der Waals surface area contributed by atoms with Crippen LogP contribution in [0, 0.1) is 0 Å². The van der Waals surface area contributed by atoms with Crippen LogP contribution in [0.3, 0.4) is 0 Å². The van der Waals surface area contributed by atoms with Crippen LogP contribution in [-0.2, 0) is 4.74 Å². The summed E-state index contributed by atoms with van der Waals surface area (Å²) in [4.78, 5) is 0. The molecule has 1 unspecified atom stereocenters. The summed E-state index contributed by atoms with van der Waals surface area (Å²) in [5, 5.41) is 0. The largest absolute Gasteiger partial charge is 0.360 e. The monoisotopic (exact) mass is 173 g/mol. The van der Waals surface area contributed by atoms with Gasteiger partial charge in [0.25, 0.3) is 0 Å². The van der Waals surface area contributed by atoms with Crippen molar-refractivity contribution in [1.29, 1.82) is 0 Å². The summed E-state index contributed by atoms with van der Waals surface area (Å²) < 4.78 is 8.23. The summed E-state index contributed by atoms with van der Waals surface area (Å²) in [5.41, 5.74) is 0.152. The van der Waals surface area contributed by atoms with E-state index in [2.05, 4.69) is 10.6 Å². The van der Waals surface area contributed by atoms with Crippen molar-refractivity contribution in [3.05, 3.63) is 0 Å². The Bertz CT molecular complexity index is 140. The molecule has 2 nitrogen and oxygen atoms in total. The normalized spacial score (nSPS) is 39.0. The SMILES string of the molecule is CSN1CCCC12CCCO2. The number of rotatable bonds is 1. The fourth-order valence-electron chi connectivity index (χ4n) is 2.16. The predicted molar refractivity (Wildman–Crippen MR) is 47.4 cm³/mol. The minimum absolute atomic E-state index is 0.152. The second-order valence-electron chi connectivity index (χ2n) is 3.29. The van der Waals surface area contributed by atoms with Crippen LogP contribution in [0.15, 0.2) is 0 Å². The summed E-state index contributed by atoms with van der Waals surface area (Å²) in [6.45, 7) is 2.18. The lowest BCUT2D eigenvalue weighted by molar-refractivity contribution is -0.0535. The van der Waals surface area contributed by atoms with Gasteiger partial charge in [0.1, 0.15) is 5.72 Å². The molecule has 0 aliphatic carbocycles. The topological polar surface area (TPSA) is 12.5 Å². The molecular weight excluding hydrogens is 158 g/mol. The first-order valence-corrected chi connectivity index (χ1v) is 5.51. The van der Waals surface area contributed by atoms with Crippen LogP contribution in [0.5, 0.6) is 0 Å². The van der Waals surface area contributed by atoms with Crippen molar-refractivity contribution in [1.82, 2.24) is 4.31 Å². The molecule has 2 heterocycles. The summed E-state index contributed by atoms with van der Waals surface area (Å²) in [6, 6.07) is 0. The Morgan fingerprint density at radius 2 is 2.18 bits per heavy atom. The minimum atomic E-state index is 0.152. The molecule has 1 atom stereocenters. The van der Waals surface area contributed by atoms with Gasteiger partial charge in [-0.1, -0.05) is 11.9 Å². The fourth-order valence-corrected chi connectivity index (χ4v) is 3.04. The van der Waals surface area contributed by atoms with Gasteiger partial charge in [-0.25, -0.2) is 4.31 Å². The van der Waals surface area contributed by atoms with E-state index in [1.54, 1.807) is 0 Å². The zero-order chi connectivity index (χ0) is 7.73. The van der Waals surface area contributed by atoms with E-state index in [-0.39, 0.29) is 5.72 Å². The molecular formula is C8H15NOS. The standard InChI is InChI=1S/C8H15NOS/c1-11-9-6-2-4-8(9)5-3-7-10-8/h2-7H2,1H3. The van der Waals surface area contributed by atoms with Gasteiger partial charge < -0.3 is 4.74 Å². The highest BCUT2D eigenvalue weighted by Crippen LogP contribution is 2.41. The van der Waals surface area contributed by atoms with E-state index in [0.29, 0.717) is 0 Å². The summed E-state index contributed by atoms with van der Waals surface area (Å²) in [7, 11) is 0. The third-order valence-corrected chi connectivity index (χ3v) is 3.64. The second kappa shape index (κ2) is 2.96. The molecule has 0 N–H and O–H groups in total. The van der Waals surface area contributed by atoms with Crippen LogP contribution in [0.4, 0.5) is 0 Å². The van der Waals surface area contributed by atoms with Crippen LogP contribution in [0.25, 0.3) is 0 Å². The Morgan fingerprint density at radius 1 is 1.36 bits per heavy atom. The summed E-state index contributed by atoms with van der Waals surface area (Å²) >= 11 is 1.84. The number of ether oxygens (including phenoxy) is 1. The Hall–Kier alpha value is 0.270. The smallest absolute Gasteiger partial charge is 0.130 e. The number of hydrogen-bond donors (Lipinski definition) is 0. The lowest BCUT2D eigenvalue weighted by Crippen LogP contribution is -2.38. The maximum Gasteiger partial charge on any atom is 0.130 e. The summed E-state index contributed by atoms with van der Waals surface area (Å²) in [6.07, 6.45) is 7.19. The molecule has 0 bridgehead atoms. The van der Waals surface area contributed by atoms with E-state index >= 15 is 0 Å². The molecule has 2 saturated heterocycles. The predicted octanol–water partition coefficient (Wildman–Crippen LogP) is 1.87. The van der Waals surface area contributed by atoms with Crippen molar-refractivity contribution in [2.45, 2.75) is 31.4 Å². The Kier molecular flexibility index (Phi) is 2.12. The van der Waals surface area contributed by atoms with Crippen molar-refractivity contribution in [3.8, 4) is 0 Å². The maximum atomic E-state index is 5.81. The van der Waals surface area contributed by atoms with Crippen molar-refractivity contribution in [2.75, 3.05) is 19.4 Å². The minimum Gasteiger partial charge on any atom is -0.360 e. The molecule has 0 aromatic heterocycles. The van der Waals surface area contributed by atoms with Crippen molar-refractivity contribution in [3.63, 3.8) is 0 Å². The lowest BCUT2D eigenvalue weighted by Gasteiger charge is -2.31. The van der Waals surface area contributed by atoms with E-state index in [1.165, 1.54) is 32.2 Å². The highest BCUT2D eigenvalue weighted by Gasteiger charge is 2.44. The quantitative estimate of drug-likeness (QED) is 0.562. The molecule has 64 valence electrons. The first-order valence-electron chi connectivity index (χ1n) is 4.33. The van der Waals surface area contributed by atoms with Gasteiger partial charge in [-0.3, -0.25) is 0 Å². The van der Waals surface area contributed by atoms with Gasteiger partial charge in [0, 0.05) is 13.2 Å². The van der Waals surface area contributed by atoms with Gasteiger partial charge in [0.15, 0.2) is 0 Å². The van der Waals surface area contributed by atoms with Gasteiger partial charge in [-0.05, 0) is 31.9 Å². The lowest BCUT2D eigenvalue weighted by atomic mass is 10.1. The third-order valence-electron chi connectivity index (χ3n) is 2.69. The van der Waals surface area contributed by atoms with Crippen molar-refractivity contribution >= 4 is 11.9 Å². The van der Waals surface area contributed by atoms with Gasteiger partial charge in [-0.15, -0.1) is 0 Å². The van der Waals surface area contributed by atoms with Gasteiger partial charge in [0.2, 0.25) is 0 Å². The number of nitrogens with zero attached hydrogens (tertiary/aromatic N) is 1. The fraction of sp³-hybridized carbons (Fsp3) is 1.00. The zero-order valence-corrected chi connectivity index (χ0v) is 7.82. The molecule has 2 fully saturated rings. The van der Waals surface area contributed by atoms with E-state index in [4.69, 9.17) is 4.74 Å². The average Bonchev–Trinajstić information content (AvgIpc) is 2.62.